The van der Waals surface area contributed by atoms with Gasteiger partial charge in [-0.2, -0.15) is 5.10 Å². The lowest BCUT2D eigenvalue weighted by atomic mass is 10.2. The fourth-order valence-corrected chi connectivity index (χ4v) is 2.40. The third-order valence-electron chi connectivity index (χ3n) is 3.69. The Morgan fingerprint density at radius 1 is 1.17 bits per heavy atom. The first-order valence-electron chi connectivity index (χ1n) is 7.59. The molecule has 1 aromatic carbocycles. The van der Waals surface area contributed by atoms with Crippen molar-refractivity contribution in [3.05, 3.63) is 81.9 Å². The van der Waals surface area contributed by atoms with Gasteiger partial charge in [0.05, 0.1) is 12.2 Å². The highest BCUT2D eigenvalue weighted by Crippen LogP contribution is 2.14. The second kappa shape index (κ2) is 6.54. The Hall–Kier alpha value is -3.15. The van der Waals surface area contributed by atoms with Gasteiger partial charge in [-0.15, -0.1) is 0 Å². The molecule has 1 amide bonds. The quantitative estimate of drug-likeness (QED) is 0.800. The van der Waals surface area contributed by atoms with Gasteiger partial charge in [0, 0.05) is 30.9 Å². The van der Waals surface area contributed by atoms with Crippen LogP contribution in [0.15, 0.2) is 59.5 Å². The Kier molecular flexibility index (Phi) is 4.29. The second-order valence-corrected chi connectivity index (χ2v) is 5.63. The van der Waals surface area contributed by atoms with Gasteiger partial charge >= 0.3 is 0 Å². The molecule has 2 heterocycles. The number of nitrogens with zero attached hydrogens (tertiary/aromatic N) is 3. The van der Waals surface area contributed by atoms with Crippen LogP contribution in [0.3, 0.4) is 0 Å². The van der Waals surface area contributed by atoms with Crippen molar-refractivity contribution in [3.63, 3.8) is 0 Å². The summed E-state index contributed by atoms with van der Waals surface area (Å²) in [6.45, 7) is 2.43. The summed E-state index contributed by atoms with van der Waals surface area (Å²) in [5, 5.41) is 7.25. The summed E-state index contributed by atoms with van der Waals surface area (Å²) in [6.07, 6.45) is 1.57. The smallest absolute Gasteiger partial charge is 0.257 e. The van der Waals surface area contributed by atoms with Crippen LogP contribution in [-0.2, 0) is 13.6 Å². The number of anilines is 1. The molecule has 122 valence electrons. The average Bonchev–Trinajstić information content (AvgIpc) is 2.90. The molecule has 6 nitrogen and oxygen atoms in total. The second-order valence-electron chi connectivity index (χ2n) is 5.63. The van der Waals surface area contributed by atoms with Crippen LogP contribution in [0.4, 0.5) is 5.82 Å². The van der Waals surface area contributed by atoms with Crippen molar-refractivity contribution in [2.75, 3.05) is 5.32 Å². The van der Waals surface area contributed by atoms with E-state index in [-0.39, 0.29) is 11.5 Å². The van der Waals surface area contributed by atoms with Gasteiger partial charge in [0.25, 0.3) is 11.5 Å². The Morgan fingerprint density at radius 3 is 2.62 bits per heavy atom. The zero-order valence-corrected chi connectivity index (χ0v) is 13.6. The molecule has 3 aromatic rings. The molecule has 0 saturated carbocycles. The summed E-state index contributed by atoms with van der Waals surface area (Å²) in [6, 6.07) is 14.6. The van der Waals surface area contributed by atoms with Crippen molar-refractivity contribution < 1.29 is 4.79 Å². The van der Waals surface area contributed by atoms with Gasteiger partial charge < -0.3 is 9.88 Å². The molecule has 0 bridgehead atoms. The SMILES string of the molecule is Cc1cc(NC(=O)c2ccn(C)c(=O)c2)n(Cc2ccccc2)n1. The van der Waals surface area contributed by atoms with Gasteiger partial charge in [0.1, 0.15) is 5.82 Å². The Labute approximate surface area is 139 Å². The van der Waals surface area contributed by atoms with Gasteiger partial charge in [-0.1, -0.05) is 30.3 Å². The van der Waals surface area contributed by atoms with Crippen molar-refractivity contribution >= 4 is 11.7 Å². The first-order chi connectivity index (χ1) is 11.5. The highest BCUT2D eigenvalue weighted by atomic mass is 16.2. The lowest BCUT2D eigenvalue weighted by Crippen LogP contribution is -2.21. The molecule has 0 aliphatic rings. The summed E-state index contributed by atoms with van der Waals surface area (Å²) < 4.78 is 3.16. The third-order valence-corrected chi connectivity index (χ3v) is 3.69. The molecule has 0 unspecified atom stereocenters. The van der Waals surface area contributed by atoms with Crippen LogP contribution in [-0.4, -0.2) is 20.3 Å². The lowest BCUT2D eigenvalue weighted by molar-refractivity contribution is 0.102. The van der Waals surface area contributed by atoms with E-state index < -0.39 is 0 Å². The van der Waals surface area contributed by atoms with E-state index in [1.54, 1.807) is 24.0 Å². The first-order valence-corrected chi connectivity index (χ1v) is 7.59. The maximum atomic E-state index is 12.4. The summed E-state index contributed by atoms with van der Waals surface area (Å²) >= 11 is 0. The highest BCUT2D eigenvalue weighted by molar-refractivity contribution is 6.03. The minimum atomic E-state index is -0.332. The molecule has 0 atom stereocenters. The number of aryl methyl sites for hydroxylation is 2. The Morgan fingerprint density at radius 2 is 1.92 bits per heavy atom. The van der Waals surface area contributed by atoms with Crippen LogP contribution in [0.25, 0.3) is 0 Å². The monoisotopic (exact) mass is 322 g/mol. The predicted molar refractivity (Wildman–Crippen MR) is 92.1 cm³/mol. The molecular weight excluding hydrogens is 304 g/mol. The highest BCUT2D eigenvalue weighted by Gasteiger charge is 2.12. The number of nitrogens with one attached hydrogen (secondary N) is 1. The van der Waals surface area contributed by atoms with E-state index in [2.05, 4.69) is 10.4 Å². The molecule has 6 heteroatoms. The number of benzene rings is 1. The van der Waals surface area contributed by atoms with Crippen molar-refractivity contribution in [3.8, 4) is 0 Å². The number of amides is 1. The van der Waals surface area contributed by atoms with E-state index >= 15 is 0 Å². The van der Waals surface area contributed by atoms with Crippen LogP contribution < -0.4 is 10.9 Å². The zero-order valence-electron chi connectivity index (χ0n) is 13.6. The molecule has 0 saturated heterocycles. The van der Waals surface area contributed by atoms with E-state index in [0.29, 0.717) is 17.9 Å². The molecule has 0 spiro atoms. The van der Waals surface area contributed by atoms with E-state index in [9.17, 15) is 9.59 Å². The van der Waals surface area contributed by atoms with Crippen LogP contribution in [0.5, 0.6) is 0 Å². The Balaban J connectivity index is 1.83. The number of rotatable bonds is 4. The number of hydrogen-bond acceptors (Lipinski definition) is 3. The molecule has 0 aliphatic heterocycles. The molecule has 0 radical (unpaired) electrons. The molecule has 24 heavy (non-hydrogen) atoms. The van der Waals surface area contributed by atoms with E-state index in [1.807, 2.05) is 43.3 Å². The van der Waals surface area contributed by atoms with Crippen LogP contribution >= 0.6 is 0 Å². The maximum Gasteiger partial charge on any atom is 0.257 e. The summed E-state index contributed by atoms with van der Waals surface area (Å²) in [4.78, 5) is 24.1. The van der Waals surface area contributed by atoms with Gasteiger partial charge in [-0.25, -0.2) is 4.68 Å². The molecule has 0 aliphatic carbocycles. The topological polar surface area (TPSA) is 68.9 Å². The maximum absolute atomic E-state index is 12.4. The van der Waals surface area contributed by atoms with Crippen LogP contribution in [0, 0.1) is 6.92 Å². The van der Waals surface area contributed by atoms with Crippen LogP contribution in [0.1, 0.15) is 21.6 Å². The van der Waals surface area contributed by atoms with E-state index in [4.69, 9.17) is 0 Å². The number of pyridine rings is 1. The summed E-state index contributed by atoms with van der Waals surface area (Å²) in [5.41, 5.74) is 2.00. The first kappa shape index (κ1) is 15.7. The van der Waals surface area contributed by atoms with Crippen molar-refractivity contribution in [2.24, 2.45) is 7.05 Å². The summed E-state index contributed by atoms with van der Waals surface area (Å²) in [5.74, 6) is 0.268. The molecule has 0 fully saturated rings. The normalized spacial score (nSPS) is 10.6. The Bertz CT molecular complexity index is 926. The van der Waals surface area contributed by atoms with Gasteiger partial charge in [0.2, 0.25) is 0 Å². The standard InChI is InChI=1S/C18H18N4O2/c1-13-10-16(22(20-13)12-14-6-4-3-5-7-14)19-18(24)15-8-9-21(2)17(23)11-15/h3-11H,12H2,1-2H3,(H,19,24). The number of hydrogen-bond donors (Lipinski definition) is 1. The fraction of sp³-hybridized carbons (Fsp3) is 0.167. The lowest BCUT2D eigenvalue weighted by Gasteiger charge is -2.09. The fourth-order valence-electron chi connectivity index (χ4n) is 2.40. The zero-order chi connectivity index (χ0) is 17.1. The largest absolute Gasteiger partial charge is 0.319 e. The van der Waals surface area contributed by atoms with Crippen molar-refractivity contribution in [1.82, 2.24) is 14.3 Å². The van der Waals surface area contributed by atoms with Gasteiger partial charge in [-0.3, -0.25) is 9.59 Å². The molecule has 3 rings (SSSR count). The number of aromatic nitrogens is 3. The third kappa shape index (κ3) is 3.43. The van der Waals surface area contributed by atoms with Gasteiger partial charge in [0.15, 0.2) is 0 Å². The minimum Gasteiger partial charge on any atom is -0.319 e. The van der Waals surface area contributed by atoms with Crippen molar-refractivity contribution in [1.29, 1.82) is 0 Å². The molecular formula is C18H18N4O2. The molecule has 2 aromatic heterocycles. The number of carbonyl (C=O) groups excluding carboxylic acids is 1. The minimum absolute atomic E-state index is 0.225. The van der Waals surface area contributed by atoms with Crippen LogP contribution in [0.2, 0.25) is 0 Å². The summed E-state index contributed by atoms with van der Waals surface area (Å²) in [7, 11) is 1.64. The number of carbonyl (C=O) groups is 1. The van der Waals surface area contributed by atoms with E-state index in [0.717, 1.165) is 11.3 Å². The average molecular weight is 322 g/mol. The molecule has 1 N–H and O–H groups in total. The van der Waals surface area contributed by atoms with Gasteiger partial charge in [-0.05, 0) is 18.6 Å². The van der Waals surface area contributed by atoms with Crippen molar-refractivity contribution in [2.45, 2.75) is 13.5 Å². The predicted octanol–water partition coefficient (Wildman–Crippen LogP) is 2.19. The van der Waals surface area contributed by atoms with E-state index in [1.165, 1.54) is 10.6 Å².